The zero-order valence-electron chi connectivity index (χ0n) is 14.0. The van der Waals surface area contributed by atoms with Crippen LogP contribution in [-0.2, 0) is 9.59 Å². The maximum Gasteiger partial charge on any atom is 0.240 e. The molecular weight excluding hydrogens is 316 g/mol. The van der Waals surface area contributed by atoms with Crippen molar-refractivity contribution in [2.75, 3.05) is 25.5 Å². The van der Waals surface area contributed by atoms with E-state index in [-0.39, 0.29) is 11.8 Å². The third-order valence-corrected chi connectivity index (χ3v) is 4.78. The molecule has 1 N–H and O–H groups in total. The molecule has 0 atom stereocenters. The number of hydrogen-bond donors (Lipinski definition) is 1. The van der Waals surface area contributed by atoms with Gasteiger partial charge in [-0.3, -0.25) is 9.59 Å². The number of carbonyl (C=O) groups excluding carboxylic acids is 2. The van der Waals surface area contributed by atoms with Crippen molar-refractivity contribution in [3.63, 3.8) is 0 Å². The molecule has 5 nitrogen and oxygen atoms in total. The molecule has 0 unspecified atom stereocenters. The number of carbonyl (C=O) groups is 2. The Morgan fingerprint density at radius 2 is 1.91 bits per heavy atom. The van der Waals surface area contributed by atoms with E-state index in [1.807, 2.05) is 20.8 Å². The Balaban J connectivity index is 2.23. The van der Waals surface area contributed by atoms with Gasteiger partial charge in [0.15, 0.2) is 0 Å². The number of halogens is 1. The zero-order chi connectivity index (χ0) is 17.2. The Kier molecular flexibility index (Phi) is 5.19. The summed E-state index contributed by atoms with van der Waals surface area (Å²) in [6, 6.07) is 3.43. The van der Waals surface area contributed by atoms with E-state index in [2.05, 4.69) is 5.32 Å². The fourth-order valence-corrected chi connectivity index (χ4v) is 2.80. The number of rotatable bonds is 6. The highest BCUT2D eigenvalue weighted by Gasteiger charge is 2.57. The van der Waals surface area contributed by atoms with Gasteiger partial charge in [-0.15, -0.1) is 0 Å². The average Bonchev–Trinajstić information content (AvgIpc) is 3.33. The molecule has 0 aromatic heterocycles. The molecule has 0 spiro atoms. The van der Waals surface area contributed by atoms with Crippen molar-refractivity contribution in [1.82, 2.24) is 4.90 Å². The number of methoxy groups -OCH3 is 1. The Labute approximate surface area is 141 Å². The van der Waals surface area contributed by atoms with Crippen LogP contribution in [0.5, 0.6) is 5.75 Å². The van der Waals surface area contributed by atoms with Gasteiger partial charge in [0.2, 0.25) is 11.8 Å². The minimum atomic E-state index is -0.926. The van der Waals surface area contributed by atoms with Gasteiger partial charge in [0, 0.05) is 24.2 Å². The highest BCUT2D eigenvalue weighted by molar-refractivity contribution is 6.31. The smallest absolute Gasteiger partial charge is 0.240 e. The maximum atomic E-state index is 12.7. The summed E-state index contributed by atoms with van der Waals surface area (Å²) in [7, 11) is 1.52. The van der Waals surface area contributed by atoms with E-state index >= 15 is 0 Å². The van der Waals surface area contributed by atoms with E-state index in [9.17, 15) is 9.59 Å². The third kappa shape index (κ3) is 3.29. The number of amides is 2. The second-order valence-corrected chi connectivity index (χ2v) is 6.22. The van der Waals surface area contributed by atoms with Gasteiger partial charge in [-0.25, -0.2) is 0 Å². The van der Waals surface area contributed by atoms with E-state index in [0.29, 0.717) is 42.4 Å². The lowest BCUT2D eigenvalue weighted by Crippen LogP contribution is -2.42. The second-order valence-electron chi connectivity index (χ2n) is 5.82. The highest BCUT2D eigenvalue weighted by Crippen LogP contribution is 2.48. The Hall–Kier alpha value is -1.75. The summed E-state index contributed by atoms with van der Waals surface area (Å²) >= 11 is 6.08. The number of hydrogen-bond acceptors (Lipinski definition) is 3. The normalized spacial score (nSPS) is 15.0. The first-order valence-corrected chi connectivity index (χ1v) is 8.22. The fraction of sp³-hybridized carbons (Fsp3) is 0.529. The minimum Gasteiger partial charge on any atom is -0.495 e. The summed E-state index contributed by atoms with van der Waals surface area (Å²) < 4.78 is 5.27. The van der Waals surface area contributed by atoms with E-state index in [1.54, 1.807) is 17.0 Å². The Morgan fingerprint density at radius 1 is 1.30 bits per heavy atom. The molecule has 6 heteroatoms. The molecule has 1 aromatic rings. The van der Waals surface area contributed by atoms with E-state index in [4.69, 9.17) is 16.3 Å². The van der Waals surface area contributed by atoms with Crippen molar-refractivity contribution in [3.05, 3.63) is 22.7 Å². The van der Waals surface area contributed by atoms with Gasteiger partial charge in [-0.1, -0.05) is 11.6 Å². The number of anilines is 1. The largest absolute Gasteiger partial charge is 0.495 e. The molecule has 0 radical (unpaired) electrons. The summed E-state index contributed by atoms with van der Waals surface area (Å²) in [6.45, 7) is 6.90. The summed E-state index contributed by atoms with van der Waals surface area (Å²) in [4.78, 5) is 27.0. The second kappa shape index (κ2) is 6.79. The van der Waals surface area contributed by atoms with E-state index in [0.717, 1.165) is 5.56 Å². The van der Waals surface area contributed by atoms with Crippen LogP contribution in [0.15, 0.2) is 12.1 Å². The van der Waals surface area contributed by atoms with Crippen LogP contribution in [-0.4, -0.2) is 36.9 Å². The third-order valence-electron chi connectivity index (χ3n) is 4.37. The highest BCUT2D eigenvalue weighted by atomic mass is 35.5. The number of nitrogens with zero attached hydrogens (tertiary/aromatic N) is 1. The fourth-order valence-electron chi connectivity index (χ4n) is 2.65. The van der Waals surface area contributed by atoms with Crippen LogP contribution in [0.25, 0.3) is 0 Å². The lowest BCUT2D eigenvalue weighted by atomic mass is 10.0. The van der Waals surface area contributed by atoms with Gasteiger partial charge >= 0.3 is 0 Å². The van der Waals surface area contributed by atoms with Crippen molar-refractivity contribution in [2.45, 2.75) is 33.6 Å². The lowest BCUT2D eigenvalue weighted by molar-refractivity contribution is -0.141. The summed E-state index contributed by atoms with van der Waals surface area (Å²) in [5, 5.41) is 3.42. The predicted octanol–water partition coefficient (Wildman–Crippen LogP) is 3.24. The van der Waals surface area contributed by atoms with Crippen molar-refractivity contribution in [1.29, 1.82) is 0 Å². The molecule has 0 heterocycles. The van der Waals surface area contributed by atoms with Gasteiger partial charge in [0.05, 0.1) is 12.8 Å². The lowest BCUT2D eigenvalue weighted by Gasteiger charge is -2.24. The van der Waals surface area contributed by atoms with Crippen LogP contribution in [0.2, 0.25) is 5.02 Å². The van der Waals surface area contributed by atoms with Gasteiger partial charge in [-0.05, 0) is 45.2 Å². The van der Waals surface area contributed by atoms with Crippen LogP contribution >= 0.6 is 11.6 Å². The van der Waals surface area contributed by atoms with Gasteiger partial charge < -0.3 is 15.0 Å². The van der Waals surface area contributed by atoms with Crippen LogP contribution < -0.4 is 10.1 Å². The molecule has 2 rings (SSSR count). The molecule has 1 fully saturated rings. The van der Waals surface area contributed by atoms with Crippen molar-refractivity contribution in [3.8, 4) is 5.75 Å². The van der Waals surface area contributed by atoms with Crippen LogP contribution in [0.3, 0.4) is 0 Å². The topological polar surface area (TPSA) is 58.6 Å². The molecule has 1 aliphatic carbocycles. The minimum absolute atomic E-state index is 0.0929. The Morgan fingerprint density at radius 3 is 2.39 bits per heavy atom. The van der Waals surface area contributed by atoms with Crippen LogP contribution in [0.4, 0.5) is 5.69 Å². The van der Waals surface area contributed by atoms with Gasteiger partial charge in [0.1, 0.15) is 11.2 Å². The number of nitrogens with one attached hydrogen (secondary N) is 1. The first kappa shape index (κ1) is 17.6. The zero-order valence-corrected chi connectivity index (χ0v) is 14.8. The molecule has 0 saturated heterocycles. The predicted molar refractivity (Wildman–Crippen MR) is 91.0 cm³/mol. The van der Waals surface area contributed by atoms with Crippen molar-refractivity contribution < 1.29 is 14.3 Å². The summed E-state index contributed by atoms with van der Waals surface area (Å²) in [5.41, 5.74) is 0.450. The van der Waals surface area contributed by atoms with E-state index in [1.165, 1.54) is 7.11 Å². The molecule has 1 saturated carbocycles. The first-order chi connectivity index (χ1) is 10.9. The van der Waals surface area contributed by atoms with Gasteiger partial charge in [0.25, 0.3) is 0 Å². The number of benzene rings is 1. The molecule has 23 heavy (non-hydrogen) atoms. The number of ether oxygens (including phenoxy) is 1. The van der Waals surface area contributed by atoms with E-state index < -0.39 is 5.41 Å². The molecule has 1 aromatic carbocycles. The molecule has 0 aliphatic heterocycles. The van der Waals surface area contributed by atoms with Crippen LogP contribution in [0, 0.1) is 12.3 Å². The summed E-state index contributed by atoms with van der Waals surface area (Å²) in [6.07, 6.45) is 1.17. The SMILES string of the molecule is CCN(CC)C(=O)C1(C(=O)Nc2cc(C)c(Cl)cc2OC)CC1. The van der Waals surface area contributed by atoms with Gasteiger partial charge in [-0.2, -0.15) is 0 Å². The molecule has 0 bridgehead atoms. The quantitative estimate of drug-likeness (QED) is 0.810. The molecule has 2 amide bonds. The molecule has 1 aliphatic rings. The maximum absolute atomic E-state index is 12.7. The van der Waals surface area contributed by atoms with Crippen molar-refractivity contribution >= 4 is 29.1 Å². The average molecular weight is 339 g/mol. The van der Waals surface area contributed by atoms with Crippen LogP contribution in [0.1, 0.15) is 32.3 Å². The molecular formula is C17H23ClN2O3. The first-order valence-electron chi connectivity index (χ1n) is 7.84. The van der Waals surface area contributed by atoms with Crippen molar-refractivity contribution in [2.24, 2.45) is 5.41 Å². The molecule has 126 valence electrons. The summed E-state index contributed by atoms with van der Waals surface area (Å²) in [5.74, 6) is 0.124. The monoisotopic (exact) mass is 338 g/mol. The number of aryl methyl sites for hydroxylation is 1. The Bertz CT molecular complexity index is 623. The standard InChI is InChI=1S/C17H23ClN2O3/c1-5-20(6-2)16(22)17(7-8-17)15(21)19-13-9-11(3)12(18)10-14(13)23-4/h9-10H,5-8H2,1-4H3,(H,19,21).